The van der Waals surface area contributed by atoms with E-state index in [0.29, 0.717) is 4.90 Å². The molecule has 3 nitrogen and oxygen atoms in total. The highest BCUT2D eigenvalue weighted by Crippen LogP contribution is 2.43. The molecule has 1 N–H and O–H groups in total. The second-order valence-electron chi connectivity index (χ2n) is 6.50. The monoisotopic (exact) mass is 319 g/mol. The number of fused-ring (bicyclic) bond motifs is 1. The summed E-state index contributed by atoms with van der Waals surface area (Å²) in [5, 5.41) is 0. The molecular weight excluding hydrogens is 294 g/mol. The van der Waals surface area contributed by atoms with Gasteiger partial charge in [0.1, 0.15) is 0 Å². The standard InChI is InChI=1S/C18H25NO2S/c1-13(2)9-8-10-14(3)15(4)18(5)16-11-6-7-12-17(16)22(20,21)19-18/h6-7,9,11-12,15,19H,3,8,10H2,1-2,4-5H3/t15-,18+/m0/s1. The summed E-state index contributed by atoms with van der Waals surface area (Å²) in [6.45, 7) is 12.4. The van der Waals surface area contributed by atoms with E-state index in [-0.39, 0.29) is 5.92 Å². The molecule has 4 heteroatoms. The van der Waals surface area contributed by atoms with Crippen molar-refractivity contribution in [2.45, 2.75) is 51.0 Å². The number of hydrogen-bond donors (Lipinski definition) is 1. The van der Waals surface area contributed by atoms with Crippen molar-refractivity contribution in [2.75, 3.05) is 0 Å². The van der Waals surface area contributed by atoms with Gasteiger partial charge in [0.15, 0.2) is 0 Å². The minimum absolute atomic E-state index is 0.0245. The van der Waals surface area contributed by atoms with Crippen LogP contribution in [-0.4, -0.2) is 8.42 Å². The fourth-order valence-electron chi connectivity index (χ4n) is 3.01. The van der Waals surface area contributed by atoms with Crippen LogP contribution in [0.3, 0.4) is 0 Å². The third kappa shape index (κ3) is 3.03. The van der Waals surface area contributed by atoms with Crippen LogP contribution in [0.1, 0.15) is 46.1 Å². The highest BCUT2D eigenvalue weighted by Gasteiger charge is 2.46. The van der Waals surface area contributed by atoms with Gasteiger partial charge in [0.05, 0.1) is 10.4 Å². The first-order chi connectivity index (χ1) is 10.2. The molecule has 0 aromatic heterocycles. The van der Waals surface area contributed by atoms with Crippen LogP contribution in [0.25, 0.3) is 0 Å². The van der Waals surface area contributed by atoms with Crippen LogP contribution in [0, 0.1) is 5.92 Å². The Labute approximate surface area is 134 Å². The van der Waals surface area contributed by atoms with Gasteiger partial charge in [0.2, 0.25) is 10.0 Å². The molecule has 0 fully saturated rings. The SMILES string of the molecule is C=C(CCC=C(C)C)[C@H](C)[C@@]1(C)NS(=O)(=O)c2ccccc21. The van der Waals surface area contributed by atoms with Gasteiger partial charge in [-0.3, -0.25) is 0 Å². The van der Waals surface area contributed by atoms with Crippen LogP contribution >= 0.6 is 0 Å². The molecule has 0 aliphatic carbocycles. The molecule has 1 aromatic rings. The number of sulfonamides is 1. The lowest BCUT2D eigenvalue weighted by Crippen LogP contribution is -2.42. The first-order valence-electron chi connectivity index (χ1n) is 7.63. The lowest BCUT2D eigenvalue weighted by atomic mass is 9.77. The number of hydrogen-bond acceptors (Lipinski definition) is 2. The summed E-state index contributed by atoms with van der Waals surface area (Å²) < 4.78 is 27.5. The van der Waals surface area contributed by atoms with E-state index in [4.69, 9.17) is 0 Å². The average Bonchev–Trinajstić information content (AvgIpc) is 2.66. The predicted octanol–water partition coefficient (Wildman–Crippen LogP) is 4.13. The normalized spacial score (nSPS) is 23.6. The third-order valence-corrected chi connectivity index (χ3v) is 6.21. The van der Waals surface area contributed by atoms with Gasteiger partial charge in [0, 0.05) is 0 Å². The van der Waals surface area contributed by atoms with Crippen molar-refractivity contribution < 1.29 is 8.42 Å². The van der Waals surface area contributed by atoms with Crippen LogP contribution in [0.2, 0.25) is 0 Å². The number of benzene rings is 1. The van der Waals surface area contributed by atoms with Crippen molar-refractivity contribution in [3.05, 3.63) is 53.6 Å². The van der Waals surface area contributed by atoms with Gasteiger partial charge in [-0.2, -0.15) is 0 Å². The third-order valence-electron chi connectivity index (χ3n) is 4.58. The fraction of sp³-hybridized carbons (Fsp3) is 0.444. The molecule has 120 valence electrons. The van der Waals surface area contributed by atoms with Gasteiger partial charge in [-0.15, -0.1) is 0 Å². The maximum Gasteiger partial charge on any atom is 0.241 e. The molecule has 2 rings (SSSR count). The first-order valence-corrected chi connectivity index (χ1v) is 9.11. The molecule has 0 saturated carbocycles. The van der Waals surface area contributed by atoms with Gasteiger partial charge in [-0.1, -0.05) is 48.9 Å². The Morgan fingerprint density at radius 2 is 2.00 bits per heavy atom. The summed E-state index contributed by atoms with van der Waals surface area (Å²) in [4.78, 5) is 0.390. The summed E-state index contributed by atoms with van der Waals surface area (Å²) in [7, 11) is -3.43. The molecule has 1 aliphatic heterocycles. The molecule has 22 heavy (non-hydrogen) atoms. The van der Waals surface area contributed by atoms with E-state index in [0.717, 1.165) is 24.0 Å². The van der Waals surface area contributed by atoms with Gasteiger partial charge < -0.3 is 0 Å². The number of allylic oxidation sites excluding steroid dienone is 2. The van der Waals surface area contributed by atoms with E-state index >= 15 is 0 Å². The summed E-state index contributed by atoms with van der Waals surface area (Å²) in [6, 6.07) is 7.21. The van der Waals surface area contributed by atoms with E-state index in [1.807, 2.05) is 19.1 Å². The smallest absolute Gasteiger partial charge is 0.207 e. The zero-order valence-electron chi connectivity index (χ0n) is 13.8. The molecule has 0 amide bonds. The second-order valence-corrected chi connectivity index (χ2v) is 8.15. The van der Waals surface area contributed by atoms with Crippen molar-refractivity contribution in [1.29, 1.82) is 0 Å². The van der Waals surface area contributed by atoms with E-state index in [2.05, 4.69) is 38.1 Å². The first kappa shape index (κ1) is 17.0. The molecule has 0 bridgehead atoms. The van der Waals surface area contributed by atoms with Crippen molar-refractivity contribution in [2.24, 2.45) is 5.92 Å². The minimum Gasteiger partial charge on any atom is -0.207 e. The lowest BCUT2D eigenvalue weighted by molar-refractivity contribution is 0.333. The maximum absolute atomic E-state index is 12.3. The van der Waals surface area contributed by atoms with E-state index in [9.17, 15) is 8.42 Å². The Balaban J connectivity index is 2.28. The predicted molar refractivity (Wildman–Crippen MR) is 91.1 cm³/mol. The van der Waals surface area contributed by atoms with Gasteiger partial charge in [-0.05, 0) is 51.2 Å². The van der Waals surface area contributed by atoms with Crippen LogP contribution in [0.5, 0.6) is 0 Å². The molecule has 0 radical (unpaired) electrons. The van der Waals surface area contributed by atoms with E-state index in [1.165, 1.54) is 5.57 Å². The summed E-state index contributed by atoms with van der Waals surface area (Å²) >= 11 is 0. The Bertz CT molecular complexity index is 714. The Kier molecular flexibility index (Phi) is 4.64. The molecule has 0 unspecified atom stereocenters. The van der Waals surface area contributed by atoms with Crippen molar-refractivity contribution in [3.63, 3.8) is 0 Å². The summed E-state index contributed by atoms with van der Waals surface area (Å²) in [6.07, 6.45) is 3.99. The molecule has 1 heterocycles. The largest absolute Gasteiger partial charge is 0.241 e. The Morgan fingerprint density at radius 3 is 2.64 bits per heavy atom. The summed E-state index contributed by atoms with van der Waals surface area (Å²) in [5.41, 5.74) is 2.57. The Hall–Kier alpha value is -1.39. The molecular formula is C18H25NO2S. The quantitative estimate of drug-likeness (QED) is 0.829. The molecule has 2 atom stereocenters. The van der Waals surface area contributed by atoms with Gasteiger partial charge in [-0.25, -0.2) is 13.1 Å². The second kappa shape index (κ2) is 6.01. The molecule has 0 saturated heterocycles. The van der Waals surface area contributed by atoms with E-state index in [1.54, 1.807) is 12.1 Å². The van der Waals surface area contributed by atoms with Crippen LogP contribution in [-0.2, 0) is 15.6 Å². The average molecular weight is 319 g/mol. The maximum atomic E-state index is 12.3. The number of rotatable bonds is 5. The Morgan fingerprint density at radius 1 is 1.36 bits per heavy atom. The zero-order chi connectivity index (χ0) is 16.5. The number of nitrogens with one attached hydrogen (secondary N) is 1. The van der Waals surface area contributed by atoms with Gasteiger partial charge >= 0.3 is 0 Å². The summed E-state index contributed by atoms with van der Waals surface area (Å²) in [5.74, 6) is 0.0245. The molecule has 1 aromatic carbocycles. The lowest BCUT2D eigenvalue weighted by Gasteiger charge is -2.33. The van der Waals surface area contributed by atoms with Crippen LogP contribution < -0.4 is 4.72 Å². The van der Waals surface area contributed by atoms with Crippen LogP contribution in [0.15, 0.2) is 53.0 Å². The van der Waals surface area contributed by atoms with Crippen molar-refractivity contribution >= 4 is 10.0 Å². The fourth-order valence-corrected chi connectivity index (χ4v) is 4.79. The van der Waals surface area contributed by atoms with Crippen molar-refractivity contribution in [1.82, 2.24) is 4.72 Å². The highest BCUT2D eigenvalue weighted by atomic mass is 32.2. The van der Waals surface area contributed by atoms with Crippen LogP contribution in [0.4, 0.5) is 0 Å². The van der Waals surface area contributed by atoms with Gasteiger partial charge in [0.25, 0.3) is 0 Å². The van der Waals surface area contributed by atoms with Crippen molar-refractivity contribution in [3.8, 4) is 0 Å². The van der Waals surface area contributed by atoms with E-state index < -0.39 is 15.6 Å². The molecule has 0 spiro atoms. The zero-order valence-corrected chi connectivity index (χ0v) is 14.6. The topological polar surface area (TPSA) is 46.2 Å². The minimum atomic E-state index is -3.43. The molecule has 1 aliphatic rings. The highest BCUT2D eigenvalue weighted by molar-refractivity contribution is 7.89.